The summed E-state index contributed by atoms with van der Waals surface area (Å²) < 4.78 is 5.05. The second kappa shape index (κ2) is 7.76. The zero-order chi connectivity index (χ0) is 17.6. The van der Waals surface area contributed by atoms with E-state index < -0.39 is 0 Å². The lowest BCUT2D eigenvalue weighted by molar-refractivity contribution is -0.120. The Morgan fingerprint density at radius 1 is 1.08 bits per heavy atom. The van der Waals surface area contributed by atoms with Gasteiger partial charge in [-0.05, 0) is 48.4 Å². The number of nitrogens with zero attached hydrogens (tertiary/aromatic N) is 2. The molecular formula is C18H20N4O3. The van der Waals surface area contributed by atoms with E-state index in [1.807, 2.05) is 13.0 Å². The topological polar surface area (TPSA) is 83.6 Å². The van der Waals surface area contributed by atoms with Gasteiger partial charge in [-0.1, -0.05) is 0 Å². The molecule has 1 aliphatic rings. The minimum atomic E-state index is -0.206. The van der Waals surface area contributed by atoms with Crippen LogP contribution >= 0.6 is 0 Å². The third-order valence-corrected chi connectivity index (χ3v) is 3.87. The van der Waals surface area contributed by atoms with Crippen molar-refractivity contribution in [2.24, 2.45) is 0 Å². The van der Waals surface area contributed by atoms with Crippen LogP contribution in [-0.4, -0.2) is 35.0 Å². The van der Waals surface area contributed by atoms with Gasteiger partial charge in [0.15, 0.2) is 0 Å². The first-order valence-electron chi connectivity index (χ1n) is 8.11. The van der Waals surface area contributed by atoms with Gasteiger partial charge < -0.3 is 20.3 Å². The normalized spacial score (nSPS) is 12.6. The average Bonchev–Trinajstić information content (AvgIpc) is 3.06. The van der Waals surface area contributed by atoms with Gasteiger partial charge in [0.05, 0.1) is 0 Å². The SMILES string of the molecule is CCOCC(=O)Nc1ccc(NC(=O)N2Cc3ccncc3C2)cc1. The molecule has 1 aliphatic heterocycles. The molecule has 0 fully saturated rings. The van der Waals surface area contributed by atoms with Crippen molar-refractivity contribution in [2.75, 3.05) is 23.8 Å². The fourth-order valence-corrected chi connectivity index (χ4v) is 2.59. The first-order chi connectivity index (χ1) is 12.2. The smallest absolute Gasteiger partial charge is 0.322 e. The number of ether oxygens (including phenoxy) is 1. The predicted molar refractivity (Wildman–Crippen MR) is 94.1 cm³/mol. The lowest BCUT2D eigenvalue weighted by atomic mass is 10.2. The quantitative estimate of drug-likeness (QED) is 0.876. The van der Waals surface area contributed by atoms with E-state index in [2.05, 4.69) is 15.6 Å². The summed E-state index contributed by atoms with van der Waals surface area (Å²) >= 11 is 0. The van der Waals surface area contributed by atoms with Crippen molar-refractivity contribution in [1.29, 1.82) is 0 Å². The van der Waals surface area contributed by atoms with Crippen molar-refractivity contribution in [1.82, 2.24) is 9.88 Å². The Labute approximate surface area is 146 Å². The van der Waals surface area contributed by atoms with Gasteiger partial charge in [0, 0.05) is 43.5 Å². The third-order valence-electron chi connectivity index (χ3n) is 3.87. The molecule has 25 heavy (non-hydrogen) atoms. The van der Waals surface area contributed by atoms with Gasteiger partial charge >= 0.3 is 6.03 Å². The minimum absolute atomic E-state index is 0.0271. The zero-order valence-corrected chi connectivity index (χ0v) is 14.0. The monoisotopic (exact) mass is 340 g/mol. The van der Waals surface area contributed by atoms with Crippen LogP contribution in [0.1, 0.15) is 18.1 Å². The molecule has 2 heterocycles. The summed E-state index contributed by atoms with van der Waals surface area (Å²) in [4.78, 5) is 29.8. The number of carbonyl (C=O) groups excluding carboxylic acids is 2. The average molecular weight is 340 g/mol. The van der Waals surface area contributed by atoms with Gasteiger partial charge in [-0.15, -0.1) is 0 Å². The maximum Gasteiger partial charge on any atom is 0.322 e. The molecule has 3 amide bonds. The number of rotatable bonds is 5. The first-order valence-corrected chi connectivity index (χ1v) is 8.11. The maximum atomic E-state index is 12.4. The largest absolute Gasteiger partial charge is 0.372 e. The number of benzene rings is 1. The number of anilines is 2. The lowest BCUT2D eigenvalue weighted by Gasteiger charge is -2.16. The third kappa shape index (κ3) is 4.33. The number of nitrogens with one attached hydrogen (secondary N) is 2. The van der Waals surface area contributed by atoms with Gasteiger partial charge in [-0.2, -0.15) is 0 Å². The van der Waals surface area contributed by atoms with E-state index >= 15 is 0 Å². The van der Waals surface area contributed by atoms with E-state index in [0.717, 1.165) is 11.1 Å². The Hall–Kier alpha value is -2.93. The highest BCUT2D eigenvalue weighted by atomic mass is 16.5. The van der Waals surface area contributed by atoms with Gasteiger partial charge in [0.25, 0.3) is 0 Å². The van der Waals surface area contributed by atoms with E-state index in [9.17, 15) is 9.59 Å². The highest BCUT2D eigenvalue weighted by molar-refractivity contribution is 5.93. The molecule has 2 aromatic rings. The fraction of sp³-hybridized carbons (Fsp3) is 0.278. The van der Waals surface area contributed by atoms with Crippen LogP contribution in [0.15, 0.2) is 42.7 Å². The van der Waals surface area contributed by atoms with Crippen LogP contribution in [0.25, 0.3) is 0 Å². The Balaban J connectivity index is 1.53. The molecule has 2 N–H and O–H groups in total. The van der Waals surface area contributed by atoms with Crippen molar-refractivity contribution in [3.63, 3.8) is 0 Å². The Morgan fingerprint density at radius 2 is 1.76 bits per heavy atom. The number of pyridine rings is 1. The number of hydrogen-bond acceptors (Lipinski definition) is 4. The van der Waals surface area contributed by atoms with E-state index in [0.29, 0.717) is 31.1 Å². The highest BCUT2D eigenvalue weighted by Crippen LogP contribution is 2.22. The fourth-order valence-electron chi connectivity index (χ4n) is 2.59. The molecule has 0 saturated carbocycles. The number of amides is 3. The van der Waals surface area contributed by atoms with Crippen molar-refractivity contribution in [3.05, 3.63) is 53.9 Å². The number of carbonyl (C=O) groups is 2. The number of hydrogen-bond donors (Lipinski definition) is 2. The van der Waals surface area contributed by atoms with Gasteiger partial charge in [-0.25, -0.2) is 4.79 Å². The van der Waals surface area contributed by atoms with Crippen molar-refractivity contribution in [3.8, 4) is 0 Å². The van der Waals surface area contributed by atoms with Crippen LogP contribution in [0, 0.1) is 0 Å². The van der Waals surface area contributed by atoms with Crippen molar-refractivity contribution in [2.45, 2.75) is 20.0 Å². The van der Waals surface area contributed by atoms with Crippen LogP contribution in [0.4, 0.5) is 16.2 Å². The molecule has 1 aromatic carbocycles. The minimum Gasteiger partial charge on any atom is -0.372 e. The van der Waals surface area contributed by atoms with Crippen LogP contribution in [0.5, 0.6) is 0 Å². The van der Waals surface area contributed by atoms with Crippen LogP contribution in [-0.2, 0) is 22.6 Å². The Morgan fingerprint density at radius 3 is 2.44 bits per heavy atom. The summed E-state index contributed by atoms with van der Waals surface area (Å²) in [6.07, 6.45) is 3.53. The molecule has 7 heteroatoms. The molecule has 0 saturated heterocycles. The molecule has 0 atom stereocenters. The molecule has 0 radical (unpaired) electrons. The Bertz CT molecular complexity index is 736. The molecule has 0 bridgehead atoms. The standard InChI is InChI=1S/C18H20N4O3/c1-2-25-12-17(23)20-15-3-5-16(6-4-15)21-18(24)22-10-13-7-8-19-9-14(13)11-22/h3-9H,2,10-12H2,1H3,(H,20,23)(H,21,24). The summed E-state index contributed by atoms with van der Waals surface area (Å²) in [6, 6.07) is 8.74. The first kappa shape index (κ1) is 16.9. The van der Waals surface area contributed by atoms with E-state index in [1.54, 1.807) is 41.6 Å². The summed E-state index contributed by atoms with van der Waals surface area (Å²) in [7, 11) is 0. The Kier molecular flexibility index (Phi) is 5.25. The summed E-state index contributed by atoms with van der Waals surface area (Å²) in [5, 5.41) is 5.59. The van der Waals surface area contributed by atoms with E-state index in [1.165, 1.54) is 0 Å². The van der Waals surface area contributed by atoms with Gasteiger partial charge in [0.1, 0.15) is 6.61 Å². The van der Waals surface area contributed by atoms with Gasteiger partial charge in [0.2, 0.25) is 5.91 Å². The molecular weight excluding hydrogens is 320 g/mol. The molecule has 0 spiro atoms. The second-order valence-electron chi connectivity index (χ2n) is 5.69. The second-order valence-corrected chi connectivity index (χ2v) is 5.69. The molecule has 130 valence electrons. The van der Waals surface area contributed by atoms with E-state index in [4.69, 9.17) is 4.74 Å². The number of urea groups is 1. The zero-order valence-electron chi connectivity index (χ0n) is 14.0. The number of fused-ring (bicyclic) bond motifs is 1. The van der Waals surface area contributed by atoms with Crippen molar-refractivity contribution < 1.29 is 14.3 Å². The van der Waals surface area contributed by atoms with Crippen LogP contribution < -0.4 is 10.6 Å². The predicted octanol–water partition coefficient (Wildman–Crippen LogP) is 2.60. The van der Waals surface area contributed by atoms with Gasteiger partial charge in [-0.3, -0.25) is 9.78 Å². The van der Waals surface area contributed by atoms with E-state index in [-0.39, 0.29) is 18.5 Å². The lowest BCUT2D eigenvalue weighted by Crippen LogP contribution is -2.30. The summed E-state index contributed by atoms with van der Waals surface area (Å²) in [5.41, 5.74) is 3.52. The summed E-state index contributed by atoms with van der Waals surface area (Å²) in [5.74, 6) is -0.206. The van der Waals surface area contributed by atoms with Crippen LogP contribution in [0.2, 0.25) is 0 Å². The molecule has 1 aromatic heterocycles. The van der Waals surface area contributed by atoms with Crippen LogP contribution in [0.3, 0.4) is 0 Å². The highest BCUT2D eigenvalue weighted by Gasteiger charge is 2.23. The molecule has 7 nitrogen and oxygen atoms in total. The number of aromatic nitrogens is 1. The molecule has 3 rings (SSSR count). The summed E-state index contributed by atoms with van der Waals surface area (Å²) in [6.45, 7) is 3.49. The van der Waals surface area contributed by atoms with Crippen molar-refractivity contribution >= 4 is 23.3 Å². The molecule has 0 unspecified atom stereocenters. The molecule has 0 aliphatic carbocycles. The maximum absolute atomic E-state index is 12.4.